The molecule has 1 aromatic rings. The first kappa shape index (κ1) is 18.7. The van der Waals surface area contributed by atoms with Crippen molar-refractivity contribution in [2.45, 2.75) is 18.7 Å². The zero-order chi connectivity index (χ0) is 17.9. The number of hydrogen-bond donors (Lipinski definition) is 1. The summed E-state index contributed by atoms with van der Waals surface area (Å²) in [5.41, 5.74) is 0.645. The summed E-state index contributed by atoms with van der Waals surface area (Å²) in [6, 6.07) is 4.36. The maximum atomic E-state index is 12.2. The summed E-state index contributed by atoms with van der Waals surface area (Å²) in [5.74, 6) is -0.339. The highest BCUT2D eigenvalue weighted by Crippen LogP contribution is 2.19. The number of carbonyl (C=O) groups is 2. The molecule has 0 bridgehead atoms. The maximum absolute atomic E-state index is 12.2. The molecule has 7 nitrogen and oxygen atoms in total. The van der Waals surface area contributed by atoms with Gasteiger partial charge in [-0.1, -0.05) is 11.6 Å². The van der Waals surface area contributed by atoms with Crippen LogP contribution in [0, 0.1) is 6.92 Å². The summed E-state index contributed by atoms with van der Waals surface area (Å²) in [7, 11) is -3.78. The van der Waals surface area contributed by atoms with Crippen molar-refractivity contribution in [3.63, 3.8) is 0 Å². The molecule has 0 aliphatic carbocycles. The van der Waals surface area contributed by atoms with Gasteiger partial charge in [-0.3, -0.25) is 9.59 Å². The van der Waals surface area contributed by atoms with Gasteiger partial charge in [-0.25, -0.2) is 13.1 Å². The number of rotatable bonds is 4. The van der Waals surface area contributed by atoms with E-state index < -0.39 is 10.0 Å². The largest absolute Gasteiger partial charge is 0.339 e. The predicted octanol–water partition coefficient (Wildman–Crippen LogP) is 0.617. The number of piperazine rings is 1. The number of amides is 2. The second-order valence-electron chi connectivity index (χ2n) is 5.62. The van der Waals surface area contributed by atoms with Crippen molar-refractivity contribution < 1.29 is 18.0 Å². The van der Waals surface area contributed by atoms with Gasteiger partial charge in [-0.05, 0) is 30.7 Å². The molecular weight excluding hydrogens is 354 g/mol. The SMILES string of the molecule is CC(=O)N1CCN(C(=O)CNS(=O)(=O)c2ccc(Cl)c(C)c2)CC1. The van der Waals surface area contributed by atoms with Gasteiger partial charge in [-0.2, -0.15) is 0 Å². The van der Waals surface area contributed by atoms with Crippen LogP contribution in [0.25, 0.3) is 0 Å². The number of nitrogens with zero attached hydrogens (tertiary/aromatic N) is 2. The number of sulfonamides is 1. The van der Waals surface area contributed by atoms with Crippen molar-refractivity contribution >= 4 is 33.4 Å². The molecular formula is C15H20ClN3O4S. The van der Waals surface area contributed by atoms with Crippen LogP contribution in [0.5, 0.6) is 0 Å². The van der Waals surface area contributed by atoms with Crippen molar-refractivity contribution in [1.29, 1.82) is 0 Å². The second kappa shape index (κ2) is 7.50. The predicted molar refractivity (Wildman–Crippen MR) is 90.2 cm³/mol. The Morgan fingerprint density at radius 3 is 2.29 bits per heavy atom. The molecule has 0 aromatic heterocycles. The van der Waals surface area contributed by atoms with E-state index in [1.807, 2.05) is 0 Å². The summed E-state index contributed by atoms with van der Waals surface area (Å²) < 4.78 is 26.8. The van der Waals surface area contributed by atoms with Crippen LogP contribution in [0.4, 0.5) is 0 Å². The van der Waals surface area contributed by atoms with Gasteiger partial charge in [0.15, 0.2) is 0 Å². The first-order valence-corrected chi connectivity index (χ1v) is 9.36. The molecule has 0 unspecified atom stereocenters. The zero-order valence-corrected chi connectivity index (χ0v) is 15.2. The van der Waals surface area contributed by atoms with Gasteiger partial charge < -0.3 is 9.80 Å². The molecule has 1 saturated heterocycles. The van der Waals surface area contributed by atoms with Crippen LogP contribution >= 0.6 is 11.6 Å². The second-order valence-corrected chi connectivity index (χ2v) is 7.80. The number of nitrogens with one attached hydrogen (secondary N) is 1. The Morgan fingerprint density at radius 1 is 1.17 bits per heavy atom. The topological polar surface area (TPSA) is 86.8 Å². The molecule has 1 aliphatic heterocycles. The maximum Gasteiger partial charge on any atom is 0.241 e. The fourth-order valence-electron chi connectivity index (χ4n) is 2.41. The number of aryl methyl sites for hydroxylation is 1. The Kier molecular flexibility index (Phi) is 5.84. The summed E-state index contributed by atoms with van der Waals surface area (Å²) in [6.45, 7) is 4.61. The van der Waals surface area contributed by atoms with Crippen LogP contribution in [-0.4, -0.2) is 62.8 Å². The van der Waals surface area contributed by atoms with E-state index in [0.29, 0.717) is 36.8 Å². The lowest BCUT2D eigenvalue weighted by Crippen LogP contribution is -2.52. The monoisotopic (exact) mass is 373 g/mol. The minimum atomic E-state index is -3.78. The lowest BCUT2D eigenvalue weighted by atomic mass is 10.2. The van der Waals surface area contributed by atoms with Crippen molar-refractivity contribution in [1.82, 2.24) is 14.5 Å². The molecule has 1 N–H and O–H groups in total. The van der Waals surface area contributed by atoms with E-state index in [-0.39, 0.29) is 23.3 Å². The number of hydrogen-bond acceptors (Lipinski definition) is 4. The third-order valence-corrected chi connectivity index (χ3v) is 5.75. The van der Waals surface area contributed by atoms with E-state index in [9.17, 15) is 18.0 Å². The fourth-order valence-corrected chi connectivity index (χ4v) is 3.58. The van der Waals surface area contributed by atoms with Gasteiger partial charge >= 0.3 is 0 Å². The van der Waals surface area contributed by atoms with E-state index in [2.05, 4.69) is 4.72 Å². The fraction of sp³-hybridized carbons (Fsp3) is 0.467. The molecule has 9 heteroatoms. The molecule has 1 aromatic carbocycles. The molecule has 2 rings (SSSR count). The van der Waals surface area contributed by atoms with Gasteiger partial charge in [0, 0.05) is 38.1 Å². The van der Waals surface area contributed by atoms with E-state index >= 15 is 0 Å². The lowest BCUT2D eigenvalue weighted by Gasteiger charge is -2.34. The molecule has 24 heavy (non-hydrogen) atoms. The average molecular weight is 374 g/mol. The first-order chi connectivity index (χ1) is 11.2. The van der Waals surface area contributed by atoms with Crippen LogP contribution in [0.1, 0.15) is 12.5 Å². The summed E-state index contributed by atoms with van der Waals surface area (Å²) in [6.07, 6.45) is 0. The van der Waals surface area contributed by atoms with E-state index in [1.165, 1.54) is 25.1 Å². The van der Waals surface area contributed by atoms with Crippen LogP contribution in [0.3, 0.4) is 0 Å². The molecule has 1 fully saturated rings. The summed E-state index contributed by atoms with van der Waals surface area (Å²) in [5, 5.41) is 0.480. The molecule has 1 aliphatic rings. The Balaban J connectivity index is 1.93. The molecule has 0 radical (unpaired) electrons. The number of carbonyl (C=O) groups excluding carboxylic acids is 2. The van der Waals surface area contributed by atoms with Crippen LogP contribution < -0.4 is 4.72 Å². The standard InChI is InChI=1S/C15H20ClN3O4S/c1-11-9-13(3-4-14(11)16)24(22,23)17-10-15(21)19-7-5-18(6-8-19)12(2)20/h3-4,9,17H,5-8,10H2,1-2H3. The number of benzene rings is 1. The molecule has 2 amide bonds. The van der Waals surface area contributed by atoms with E-state index in [1.54, 1.807) is 16.7 Å². The average Bonchev–Trinajstić information content (AvgIpc) is 2.55. The molecule has 132 valence electrons. The summed E-state index contributed by atoms with van der Waals surface area (Å²) >= 11 is 5.89. The Hall–Kier alpha value is -1.64. The Labute approximate surface area is 146 Å². The van der Waals surface area contributed by atoms with Gasteiger partial charge in [0.25, 0.3) is 0 Å². The van der Waals surface area contributed by atoms with Crippen molar-refractivity contribution in [2.75, 3.05) is 32.7 Å². The Morgan fingerprint density at radius 2 is 1.75 bits per heavy atom. The molecule has 0 spiro atoms. The zero-order valence-electron chi connectivity index (χ0n) is 13.6. The quantitative estimate of drug-likeness (QED) is 0.838. The highest BCUT2D eigenvalue weighted by molar-refractivity contribution is 7.89. The van der Waals surface area contributed by atoms with Gasteiger partial charge in [0.1, 0.15) is 0 Å². The Bertz CT molecular complexity index is 743. The van der Waals surface area contributed by atoms with E-state index in [4.69, 9.17) is 11.6 Å². The minimum Gasteiger partial charge on any atom is -0.339 e. The van der Waals surface area contributed by atoms with Crippen LogP contribution in [-0.2, 0) is 19.6 Å². The highest BCUT2D eigenvalue weighted by atomic mass is 35.5. The third-order valence-electron chi connectivity index (χ3n) is 3.93. The van der Waals surface area contributed by atoms with Crippen molar-refractivity contribution in [3.8, 4) is 0 Å². The highest BCUT2D eigenvalue weighted by Gasteiger charge is 2.24. The first-order valence-electron chi connectivity index (χ1n) is 7.50. The smallest absolute Gasteiger partial charge is 0.241 e. The van der Waals surface area contributed by atoms with Gasteiger partial charge in [-0.15, -0.1) is 0 Å². The number of halogens is 1. The molecule has 1 heterocycles. The minimum absolute atomic E-state index is 0.0269. The van der Waals surface area contributed by atoms with E-state index in [0.717, 1.165) is 0 Å². The lowest BCUT2D eigenvalue weighted by molar-refractivity contribution is -0.137. The third kappa shape index (κ3) is 4.46. The normalized spacial score (nSPS) is 15.5. The molecule has 0 saturated carbocycles. The van der Waals surface area contributed by atoms with Crippen LogP contribution in [0.15, 0.2) is 23.1 Å². The van der Waals surface area contributed by atoms with Crippen LogP contribution in [0.2, 0.25) is 5.02 Å². The van der Waals surface area contributed by atoms with Crippen molar-refractivity contribution in [2.24, 2.45) is 0 Å². The van der Waals surface area contributed by atoms with Gasteiger partial charge in [0.2, 0.25) is 21.8 Å². The van der Waals surface area contributed by atoms with Crippen molar-refractivity contribution in [3.05, 3.63) is 28.8 Å². The van der Waals surface area contributed by atoms with Gasteiger partial charge in [0.05, 0.1) is 11.4 Å². The summed E-state index contributed by atoms with van der Waals surface area (Å²) in [4.78, 5) is 26.7. The molecule has 0 atom stereocenters.